The fraction of sp³-hybridized carbons (Fsp3) is 0.600. The van der Waals surface area contributed by atoms with Crippen LogP contribution in [0, 0.1) is 11.3 Å². The first-order valence-corrected chi connectivity index (χ1v) is 6.49. The van der Waals surface area contributed by atoms with Gasteiger partial charge in [0.2, 0.25) is 0 Å². The van der Waals surface area contributed by atoms with Crippen LogP contribution < -0.4 is 10.6 Å². The summed E-state index contributed by atoms with van der Waals surface area (Å²) in [5, 5.41) is 0. The molecule has 1 aromatic rings. The van der Waals surface area contributed by atoms with Crippen molar-refractivity contribution in [2.24, 2.45) is 17.2 Å². The summed E-state index contributed by atoms with van der Waals surface area (Å²) in [6, 6.07) is 9.90. The molecule has 0 radical (unpaired) electrons. The minimum Gasteiger partial charge on any atom is -0.493 e. The van der Waals surface area contributed by atoms with Crippen LogP contribution >= 0.6 is 0 Å². The lowest BCUT2D eigenvalue weighted by Crippen LogP contribution is -2.34. The van der Waals surface area contributed by atoms with Gasteiger partial charge in [0.25, 0.3) is 0 Å². The van der Waals surface area contributed by atoms with Gasteiger partial charge >= 0.3 is 0 Å². The highest BCUT2D eigenvalue weighted by Gasteiger charge is 2.28. The molecule has 1 rings (SSSR count). The van der Waals surface area contributed by atoms with Gasteiger partial charge in [-0.05, 0) is 36.8 Å². The minimum absolute atomic E-state index is 0.0386. The number of hydrogen-bond acceptors (Lipinski definition) is 3. The Bertz CT molecular complexity index is 338. The van der Waals surface area contributed by atoms with Gasteiger partial charge < -0.3 is 9.57 Å². The second-order valence-corrected chi connectivity index (χ2v) is 5.70. The summed E-state index contributed by atoms with van der Waals surface area (Å²) < 4.78 is 5.75. The van der Waals surface area contributed by atoms with Crippen molar-refractivity contribution in [3.8, 4) is 5.75 Å². The molecule has 1 aromatic carbocycles. The van der Waals surface area contributed by atoms with Gasteiger partial charge in [-0.15, -0.1) is 0 Å². The summed E-state index contributed by atoms with van der Waals surface area (Å²) in [6.45, 7) is 9.25. The second-order valence-electron chi connectivity index (χ2n) is 5.70. The fourth-order valence-electron chi connectivity index (χ4n) is 2.06. The van der Waals surface area contributed by atoms with Crippen LogP contribution in [-0.2, 0) is 4.84 Å². The van der Waals surface area contributed by atoms with Gasteiger partial charge in [-0.2, -0.15) is 0 Å². The van der Waals surface area contributed by atoms with Crippen molar-refractivity contribution in [1.29, 1.82) is 0 Å². The van der Waals surface area contributed by atoms with E-state index in [1.807, 2.05) is 37.3 Å². The normalized spacial score (nSPS) is 15.2. The highest BCUT2D eigenvalue weighted by atomic mass is 16.6. The lowest BCUT2D eigenvalue weighted by molar-refractivity contribution is -0.0268. The third-order valence-corrected chi connectivity index (χ3v) is 3.46. The maximum atomic E-state index is 5.75. The summed E-state index contributed by atoms with van der Waals surface area (Å²) in [5.74, 6) is 6.65. The van der Waals surface area contributed by atoms with Gasteiger partial charge in [-0.25, -0.2) is 5.90 Å². The predicted molar refractivity (Wildman–Crippen MR) is 74.2 cm³/mol. The second kappa shape index (κ2) is 6.76. The van der Waals surface area contributed by atoms with Crippen LogP contribution in [-0.4, -0.2) is 12.7 Å². The molecule has 0 heterocycles. The smallest absolute Gasteiger partial charge is 0.119 e. The maximum Gasteiger partial charge on any atom is 0.119 e. The van der Waals surface area contributed by atoms with E-state index in [0.29, 0.717) is 12.5 Å². The van der Waals surface area contributed by atoms with Crippen LogP contribution in [0.1, 0.15) is 34.1 Å². The van der Waals surface area contributed by atoms with Crippen molar-refractivity contribution in [3.63, 3.8) is 0 Å². The molecule has 0 aliphatic heterocycles. The van der Waals surface area contributed by atoms with Gasteiger partial charge in [0, 0.05) is 0 Å². The van der Waals surface area contributed by atoms with E-state index in [0.717, 1.165) is 12.2 Å². The summed E-state index contributed by atoms with van der Waals surface area (Å²) in [4.78, 5) is 4.94. The molecule has 0 fully saturated rings. The molecule has 2 N–H and O–H groups in total. The standard InChI is InChI=1S/C15H25NO2/c1-12(10-15(3,4)13(2)18-16)11-17-14-8-6-5-7-9-14/h5-9,12-13H,10-11,16H2,1-4H3. The van der Waals surface area contributed by atoms with Crippen LogP contribution in [0.3, 0.4) is 0 Å². The molecule has 0 aromatic heterocycles. The zero-order chi connectivity index (χ0) is 13.6. The number of rotatable bonds is 7. The predicted octanol–water partition coefficient (Wildman–Crippen LogP) is 3.40. The highest BCUT2D eigenvalue weighted by molar-refractivity contribution is 5.20. The average molecular weight is 251 g/mol. The summed E-state index contributed by atoms with van der Waals surface area (Å²) in [5.41, 5.74) is 0.0498. The SMILES string of the molecule is CC(COc1ccccc1)CC(C)(C)C(C)ON. The topological polar surface area (TPSA) is 44.5 Å². The van der Waals surface area contributed by atoms with Crippen molar-refractivity contribution >= 4 is 0 Å². The summed E-state index contributed by atoms with van der Waals surface area (Å²) >= 11 is 0. The van der Waals surface area contributed by atoms with Gasteiger partial charge in [0.05, 0.1) is 12.7 Å². The molecule has 102 valence electrons. The van der Waals surface area contributed by atoms with Crippen molar-refractivity contribution < 1.29 is 9.57 Å². The Morgan fingerprint density at radius 2 is 1.78 bits per heavy atom. The molecule has 0 aliphatic carbocycles. The molecule has 0 spiro atoms. The van der Waals surface area contributed by atoms with E-state index in [-0.39, 0.29) is 11.5 Å². The monoisotopic (exact) mass is 251 g/mol. The number of nitrogens with two attached hydrogens (primary N) is 1. The van der Waals surface area contributed by atoms with Crippen LogP contribution in [0.15, 0.2) is 30.3 Å². The first kappa shape index (κ1) is 15.0. The van der Waals surface area contributed by atoms with E-state index in [4.69, 9.17) is 15.5 Å². The molecule has 2 atom stereocenters. The van der Waals surface area contributed by atoms with E-state index in [9.17, 15) is 0 Å². The van der Waals surface area contributed by atoms with E-state index in [1.54, 1.807) is 0 Å². The molecule has 0 saturated heterocycles. The Morgan fingerprint density at radius 3 is 2.33 bits per heavy atom. The van der Waals surface area contributed by atoms with E-state index >= 15 is 0 Å². The first-order chi connectivity index (χ1) is 8.45. The van der Waals surface area contributed by atoms with Crippen LogP contribution in [0.25, 0.3) is 0 Å². The Morgan fingerprint density at radius 1 is 1.17 bits per heavy atom. The molecular formula is C15H25NO2. The Hall–Kier alpha value is -1.06. The van der Waals surface area contributed by atoms with Gasteiger partial charge in [0.15, 0.2) is 0 Å². The maximum absolute atomic E-state index is 5.75. The van der Waals surface area contributed by atoms with Crippen LogP contribution in [0.5, 0.6) is 5.75 Å². The molecule has 3 heteroatoms. The molecule has 0 amide bonds. The number of para-hydroxylation sites is 1. The van der Waals surface area contributed by atoms with E-state index in [2.05, 4.69) is 20.8 Å². The Balaban J connectivity index is 2.40. The zero-order valence-electron chi connectivity index (χ0n) is 11.8. The zero-order valence-corrected chi connectivity index (χ0v) is 11.8. The van der Waals surface area contributed by atoms with Crippen molar-refractivity contribution in [1.82, 2.24) is 0 Å². The summed E-state index contributed by atoms with van der Waals surface area (Å²) in [7, 11) is 0. The van der Waals surface area contributed by atoms with Gasteiger partial charge in [0.1, 0.15) is 5.75 Å². The Kier molecular flexibility index (Phi) is 5.63. The largest absolute Gasteiger partial charge is 0.493 e. The quantitative estimate of drug-likeness (QED) is 0.755. The van der Waals surface area contributed by atoms with Crippen molar-refractivity contribution in [2.45, 2.75) is 40.2 Å². The molecular weight excluding hydrogens is 226 g/mol. The molecule has 0 aliphatic rings. The third-order valence-electron chi connectivity index (χ3n) is 3.46. The van der Waals surface area contributed by atoms with Crippen LogP contribution in [0.2, 0.25) is 0 Å². The number of ether oxygens (including phenoxy) is 1. The minimum atomic E-state index is 0.0386. The van der Waals surface area contributed by atoms with Gasteiger partial charge in [-0.1, -0.05) is 39.0 Å². The molecule has 2 unspecified atom stereocenters. The van der Waals surface area contributed by atoms with Crippen LogP contribution in [0.4, 0.5) is 0 Å². The molecule has 3 nitrogen and oxygen atoms in total. The Labute approximate surface area is 110 Å². The lowest BCUT2D eigenvalue weighted by Gasteiger charge is -2.32. The fourth-order valence-corrected chi connectivity index (χ4v) is 2.06. The molecule has 18 heavy (non-hydrogen) atoms. The average Bonchev–Trinajstić information content (AvgIpc) is 2.36. The highest BCUT2D eigenvalue weighted by Crippen LogP contribution is 2.30. The molecule has 0 bridgehead atoms. The van der Waals surface area contributed by atoms with E-state index < -0.39 is 0 Å². The van der Waals surface area contributed by atoms with E-state index in [1.165, 1.54) is 0 Å². The first-order valence-electron chi connectivity index (χ1n) is 6.49. The van der Waals surface area contributed by atoms with Crippen molar-refractivity contribution in [2.75, 3.05) is 6.61 Å². The number of hydrogen-bond donors (Lipinski definition) is 1. The molecule has 0 saturated carbocycles. The number of benzene rings is 1. The van der Waals surface area contributed by atoms with Crippen molar-refractivity contribution in [3.05, 3.63) is 30.3 Å². The summed E-state index contributed by atoms with van der Waals surface area (Å²) in [6.07, 6.45) is 1.05. The third kappa shape index (κ3) is 4.67. The lowest BCUT2D eigenvalue weighted by atomic mass is 9.79. The van der Waals surface area contributed by atoms with Gasteiger partial charge in [-0.3, -0.25) is 0 Å².